The van der Waals surface area contributed by atoms with Gasteiger partial charge in [-0.3, -0.25) is 0 Å². The molecule has 12 heavy (non-hydrogen) atoms. The Morgan fingerprint density at radius 1 is 1.42 bits per heavy atom. The van der Waals surface area contributed by atoms with Gasteiger partial charge in [0.15, 0.2) is 0 Å². The highest BCUT2D eigenvalue weighted by atomic mass is 14.9. The second kappa shape index (κ2) is 2.91. The van der Waals surface area contributed by atoms with Gasteiger partial charge < -0.3 is 5.32 Å². The summed E-state index contributed by atoms with van der Waals surface area (Å²) >= 11 is 0. The van der Waals surface area contributed by atoms with E-state index >= 15 is 0 Å². The molecule has 64 valence electrons. The van der Waals surface area contributed by atoms with Crippen molar-refractivity contribution < 1.29 is 0 Å². The Bertz CT molecular complexity index is 291. The maximum atomic E-state index is 3.35. The van der Waals surface area contributed by atoms with Gasteiger partial charge in [0.05, 0.1) is 0 Å². The van der Waals surface area contributed by atoms with E-state index in [4.69, 9.17) is 0 Å². The van der Waals surface area contributed by atoms with Crippen LogP contribution in [0, 0.1) is 6.92 Å². The molecule has 0 radical (unpaired) electrons. The molecule has 1 N–H and O–H groups in total. The Morgan fingerprint density at radius 2 is 2.25 bits per heavy atom. The zero-order valence-electron chi connectivity index (χ0n) is 7.72. The lowest BCUT2D eigenvalue weighted by atomic mass is 10.1. The third-order valence-electron chi connectivity index (χ3n) is 2.73. The van der Waals surface area contributed by atoms with Crippen molar-refractivity contribution in [2.45, 2.75) is 25.8 Å². The van der Waals surface area contributed by atoms with Crippen molar-refractivity contribution in [1.82, 2.24) is 5.32 Å². The average Bonchev–Trinajstić information content (AvgIpc) is 2.46. The molecule has 1 heteroatoms. The van der Waals surface area contributed by atoms with Gasteiger partial charge in [-0.05, 0) is 37.9 Å². The number of aryl methyl sites for hydroxylation is 2. The van der Waals surface area contributed by atoms with Crippen LogP contribution in [0.3, 0.4) is 0 Å². The molecule has 1 aromatic carbocycles. The SMILES string of the molecule is CN[C@H]1CCc2ccc(C)cc21. The summed E-state index contributed by atoms with van der Waals surface area (Å²) in [6.07, 6.45) is 2.50. The minimum absolute atomic E-state index is 0.597. The predicted octanol–water partition coefficient (Wildman–Crippen LogP) is 2.20. The van der Waals surface area contributed by atoms with Crippen LogP contribution >= 0.6 is 0 Å². The monoisotopic (exact) mass is 161 g/mol. The maximum Gasteiger partial charge on any atom is 0.0323 e. The van der Waals surface area contributed by atoms with Gasteiger partial charge in [-0.25, -0.2) is 0 Å². The molecule has 0 fully saturated rings. The number of fused-ring (bicyclic) bond motifs is 1. The quantitative estimate of drug-likeness (QED) is 0.666. The molecule has 0 amide bonds. The second-order valence-electron chi connectivity index (χ2n) is 3.58. The first-order valence-electron chi connectivity index (χ1n) is 4.58. The average molecular weight is 161 g/mol. The fourth-order valence-corrected chi connectivity index (χ4v) is 2.02. The molecule has 1 atom stereocenters. The first-order valence-corrected chi connectivity index (χ1v) is 4.58. The number of benzene rings is 1. The van der Waals surface area contributed by atoms with E-state index in [2.05, 4.69) is 30.4 Å². The second-order valence-corrected chi connectivity index (χ2v) is 3.58. The van der Waals surface area contributed by atoms with Crippen molar-refractivity contribution in [3.05, 3.63) is 34.9 Å². The molecule has 1 aromatic rings. The summed E-state index contributed by atoms with van der Waals surface area (Å²) in [7, 11) is 2.04. The molecule has 1 aliphatic carbocycles. The molecule has 1 nitrogen and oxygen atoms in total. The van der Waals surface area contributed by atoms with Crippen LogP contribution in [0.2, 0.25) is 0 Å². The van der Waals surface area contributed by atoms with E-state index in [9.17, 15) is 0 Å². The molecule has 0 aromatic heterocycles. The topological polar surface area (TPSA) is 12.0 Å². The molecular weight excluding hydrogens is 146 g/mol. The van der Waals surface area contributed by atoms with E-state index in [1.165, 1.54) is 29.5 Å². The number of rotatable bonds is 1. The van der Waals surface area contributed by atoms with Crippen LogP contribution in [0.15, 0.2) is 18.2 Å². The van der Waals surface area contributed by atoms with Crippen LogP contribution in [-0.4, -0.2) is 7.05 Å². The van der Waals surface area contributed by atoms with Crippen LogP contribution in [-0.2, 0) is 6.42 Å². The van der Waals surface area contributed by atoms with Gasteiger partial charge in [0, 0.05) is 6.04 Å². The van der Waals surface area contributed by atoms with Gasteiger partial charge in [0.2, 0.25) is 0 Å². The molecule has 0 aliphatic heterocycles. The Kier molecular flexibility index (Phi) is 1.89. The highest BCUT2D eigenvalue weighted by Gasteiger charge is 2.19. The third kappa shape index (κ3) is 1.14. The summed E-state index contributed by atoms with van der Waals surface area (Å²) in [6, 6.07) is 7.38. The summed E-state index contributed by atoms with van der Waals surface area (Å²) in [5.41, 5.74) is 4.41. The fraction of sp³-hybridized carbons (Fsp3) is 0.455. The van der Waals surface area contributed by atoms with Gasteiger partial charge in [-0.15, -0.1) is 0 Å². The van der Waals surface area contributed by atoms with Gasteiger partial charge in [0.25, 0.3) is 0 Å². The molecule has 0 heterocycles. The predicted molar refractivity (Wildman–Crippen MR) is 51.3 cm³/mol. The summed E-state index contributed by atoms with van der Waals surface area (Å²) in [5, 5.41) is 3.35. The van der Waals surface area contributed by atoms with E-state index in [0.717, 1.165) is 0 Å². The van der Waals surface area contributed by atoms with Crippen LogP contribution in [0.5, 0.6) is 0 Å². The number of nitrogens with one attached hydrogen (secondary N) is 1. The first kappa shape index (κ1) is 7.81. The number of hydrogen-bond acceptors (Lipinski definition) is 1. The van der Waals surface area contributed by atoms with E-state index in [1.54, 1.807) is 0 Å². The molecule has 0 unspecified atom stereocenters. The summed E-state index contributed by atoms with van der Waals surface area (Å²) < 4.78 is 0. The molecule has 0 bridgehead atoms. The minimum atomic E-state index is 0.597. The minimum Gasteiger partial charge on any atom is -0.313 e. The highest BCUT2D eigenvalue weighted by molar-refractivity contribution is 5.37. The maximum absolute atomic E-state index is 3.35. The highest BCUT2D eigenvalue weighted by Crippen LogP contribution is 2.31. The van der Waals surface area contributed by atoms with Crippen molar-refractivity contribution >= 4 is 0 Å². The Hall–Kier alpha value is -0.820. The normalized spacial score (nSPS) is 21.0. The van der Waals surface area contributed by atoms with Crippen molar-refractivity contribution in [3.8, 4) is 0 Å². The van der Waals surface area contributed by atoms with E-state index in [0.29, 0.717) is 6.04 Å². The zero-order chi connectivity index (χ0) is 8.55. The van der Waals surface area contributed by atoms with Gasteiger partial charge >= 0.3 is 0 Å². The van der Waals surface area contributed by atoms with E-state index in [1.807, 2.05) is 7.05 Å². The van der Waals surface area contributed by atoms with Crippen molar-refractivity contribution in [2.75, 3.05) is 7.05 Å². The largest absolute Gasteiger partial charge is 0.313 e. The molecule has 1 aliphatic rings. The van der Waals surface area contributed by atoms with Crippen molar-refractivity contribution in [3.63, 3.8) is 0 Å². The summed E-state index contributed by atoms with van der Waals surface area (Å²) in [4.78, 5) is 0. The summed E-state index contributed by atoms with van der Waals surface area (Å²) in [6.45, 7) is 2.16. The smallest absolute Gasteiger partial charge is 0.0323 e. The molecular formula is C11H15N. The van der Waals surface area contributed by atoms with Crippen molar-refractivity contribution in [1.29, 1.82) is 0 Å². The van der Waals surface area contributed by atoms with Gasteiger partial charge in [-0.1, -0.05) is 23.8 Å². The fourth-order valence-electron chi connectivity index (χ4n) is 2.02. The van der Waals surface area contributed by atoms with Gasteiger partial charge in [0.1, 0.15) is 0 Å². The lowest BCUT2D eigenvalue weighted by Gasteiger charge is -2.09. The number of hydrogen-bond donors (Lipinski definition) is 1. The Balaban J connectivity index is 2.42. The Morgan fingerprint density at radius 3 is 3.00 bits per heavy atom. The van der Waals surface area contributed by atoms with Crippen LogP contribution in [0.25, 0.3) is 0 Å². The summed E-state index contributed by atoms with van der Waals surface area (Å²) in [5.74, 6) is 0. The van der Waals surface area contributed by atoms with Crippen LogP contribution in [0.4, 0.5) is 0 Å². The first-order chi connectivity index (χ1) is 5.81. The van der Waals surface area contributed by atoms with Crippen molar-refractivity contribution in [2.24, 2.45) is 0 Å². The Labute approximate surface area is 73.8 Å². The molecule has 0 spiro atoms. The van der Waals surface area contributed by atoms with Crippen LogP contribution in [0.1, 0.15) is 29.2 Å². The standard InChI is InChI=1S/C11H15N/c1-8-3-4-9-5-6-11(12-2)10(9)7-8/h3-4,7,11-12H,5-6H2,1-2H3/t11-/m0/s1. The molecule has 0 saturated carbocycles. The zero-order valence-corrected chi connectivity index (χ0v) is 7.72. The third-order valence-corrected chi connectivity index (χ3v) is 2.73. The lowest BCUT2D eigenvalue weighted by molar-refractivity contribution is 0.590. The molecule has 2 rings (SSSR count). The lowest BCUT2D eigenvalue weighted by Crippen LogP contribution is -2.12. The van der Waals surface area contributed by atoms with E-state index < -0.39 is 0 Å². The van der Waals surface area contributed by atoms with Crippen LogP contribution < -0.4 is 5.32 Å². The van der Waals surface area contributed by atoms with Gasteiger partial charge in [-0.2, -0.15) is 0 Å². The molecule has 0 saturated heterocycles. The van der Waals surface area contributed by atoms with E-state index in [-0.39, 0.29) is 0 Å².